The molecule has 6 nitrogen and oxygen atoms in total. The van der Waals surface area contributed by atoms with E-state index in [1.165, 1.54) is 35.9 Å². The molecule has 1 aromatic carbocycles. The van der Waals surface area contributed by atoms with E-state index < -0.39 is 0 Å². The lowest BCUT2D eigenvalue weighted by Crippen LogP contribution is -2.14. The van der Waals surface area contributed by atoms with Gasteiger partial charge in [-0.1, -0.05) is 39.8 Å². The number of thiazole rings is 1. The van der Waals surface area contributed by atoms with Gasteiger partial charge in [0.2, 0.25) is 5.91 Å². The van der Waals surface area contributed by atoms with E-state index in [0.29, 0.717) is 11.0 Å². The van der Waals surface area contributed by atoms with Gasteiger partial charge in [0, 0.05) is 27.9 Å². The molecule has 1 aliphatic carbocycles. The van der Waals surface area contributed by atoms with Crippen LogP contribution in [0.1, 0.15) is 31.5 Å². The van der Waals surface area contributed by atoms with Crippen LogP contribution in [0.25, 0.3) is 11.3 Å². The highest BCUT2D eigenvalue weighted by atomic mass is 79.9. The number of carbonyl (C=O) groups is 1. The molecule has 3 aromatic rings. The maximum atomic E-state index is 12.3. The zero-order valence-electron chi connectivity index (χ0n) is 14.7. The molecule has 1 amide bonds. The summed E-state index contributed by atoms with van der Waals surface area (Å²) in [6.45, 7) is 2.91. The Labute approximate surface area is 173 Å². The Bertz CT molecular complexity index is 949. The molecule has 0 atom stereocenters. The minimum Gasteiger partial charge on any atom is -0.306 e. The fourth-order valence-corrected chi connectivity index (χ4v) is 4.53. The Kier molecular flexibility index (Phi) is 5.60. The van der Waals surface area contributed by atoms with Crippen LogP contribution in [0.2, 0.25) is 0 Å². The summed E-state index contributed by atoms with van der Waals surface area (Å²) in [7, 11) is 0. The summed E-state index contributed by atoms with van der Waals surface area (Å²) < 4.78 is 3.14. The van der Waals surface area contributed by atoms with Gasteiger partial charge in [-0.05, 0) is 31.9 Å². The molecule has 140 valence electrons. The van der Waals surface area contributed by atoms with Crippen molar-refractivity contribution >= 4 is 50.1 Å². The van der Waals surface area contributed by atoms with Crippen molar-refractivity contribution in [2.24, 2.45) is 0 Å². The van der Waals surface area contributed by atoms with Crippen LogP contribution in [-0.4, -0.2) is 31.4 Å². The summed E-state index contributed by atoms with van der Waals surface area (Å²) in [6.07, 6.45) is 2.38. The summed E-state index contributed by atoms with van der Waals surface area (Å²) in [5.41, 5.74) is 1.88. The van der Waals surface area contributed by atoms with Crippen LogP contribution in [0.5, 0.6) is 0 Å². The number of anilines is 1. The molecular weight excluding hydrogens is 446 g/mol. The summed E-state index contributed by atoms with van der Waals surface area (Å²) in [4.78, 5) is 16.8. The molecule has 1 saturated carbocycles. The summed E-state index contributed by atoms with van der Waals surface area (Å²) in [5, 5.41) is 14.8. The van der Waals surface area contributed by atoms with Crippen LogP contribution in [0.15, 0.2) is 39.3 Å². The molecule has 2 heterocycles. The van der Waals surface area contributed by atoms with Gasteiger partial charge >= 0.3 is 0 Å². The van der Waals surface area contributed by atoms with Gasteiger partial charge in [0.15, 0.2) is 10.3 Å². The van der Waals surface area contributed by atoms with E-state index in [-0.39, 0.29) is 11.7 Å². The van der Waals surface area contributed by atoms with Gasteiger partial charge in [0.25, 0.3) is 0 Å². The lowest BCUT2D eigenvalue weighted by Gasteiger charge is -2.06. The van der Waals surface area contributed by atoms with Gasteiger partial charge in [0.05, 0.1) is 11.4 Å². The van der Waals surface area contributed by atoms with Crippen molar-refractivity contribution in [2.75, 3.05) is 11.1 Å². The fourth-order valence-electron chi connectivity index (χ4n) is 2.72. The van der Waals surface area contributed by atoms with Gasteiger partial charge in [-0.15, -0.1) is 21.5 Å². The first-order valence-electron chi connectivity index (χ1n) is 8.71. The minimum absolute atomic E-state index is 0.0877. The predicted molar refractivity (Wildman–Crippen MR) is 112 cm³/mol. The van der Waals surface area contributed by atoms with Gasteiger partial charge in [-0.3, -0.25) is 4.79 Å². The molecule has 0 radical (unpaired) electrons. The SMILES string of the molecule is CCn1c(SCC(=O)Nc2nc(-c3ccc(Br)cc3)cs2)nnc1C1CC1. The molecule has 0 bridgehead atoms. The molecule has 1 fully saturated rings. The maximum Gasteiger partial charge on any atom is 0.236 e. The molecule has 0 aliphatic heterocycles. The summed E-state index contributed by atoms with van der Waals surface area (Å²) in [6, 6.07) is 7.94. The smallest absolute Gasteiger partial charge is 0.236 e. The average Bonchev–Trinajstić information content (AvgIpc) is 3.26. The van der Waals surface area contributed by atoms with Crippen molar-refractivity contribution in [3.8, 4) is 11.3 Å². The zero-order chi connectivity index (χ0) is 18.8. The molecule has 4 rings (SSSR count). The van der Waals surface area contributed by atoms with Crippen molar-refractivity contribution in [3.63, 3.8) is 0 Å². The number of nitrogens with zero attached hydrogens (tertiary/aromatic N) is 4. The monoisotopic (exact) mass is 463 g/mol. The van der Waals surface area contributed by atoms with E-state index in [2.05, 4.69) is 47.9 Å². The minimum atomic E-state index is -0.0877. The lowest BCUT2D eigenvalue weighted by molar-refractivity contribution is -0.113. The number of carbonyl (C=O) groups excluding carboxylic acids is 1. The number of hydrogen-bond donors (Lipinski definition) is 1. The number of thioether (sulfide) groups is 1. The van der Waals surface area contributed by atoms with Crippen molar-refractivity contribution in [1.29, 1.82) is 0 Å². The third-order valence-corrected chi connectivity index (χ3v) is 6.48. The van der Waals surface area contributed by atoms with Crippen molar-refractivity contribution in [2.45, 2.75) is 37.4 Å². The maximum absolute atomic E-state index is 12.3. The molecule has 0 unspecified atom stereocenters. The third kappa shape index (κ3) is 4.41. The van der Waals surface area contributed by atoms with E-state index in [1.54, 1.807) is 0 Å². The highest BCUT2D eigenvalue weighted by Gasteiger charge is 2.30. The van der Waals surface area contributed by atoms with E-state index in [9.17, 15) is 4.79 Å². The Morgan fingerprint density at radius 3 is 2.81 bits per heavy atom. The first-order valence-corrected chi connectivity index (χ1v) is 11.4. The van der Waals surface area contributed by atoms with Crippen molar-refractivity contribution in [1.82, 2.24) is 19.7 Å². The van der Waals surface area contributed by atoms with E-state index >= 15 is 0 Å². The molecule has 1 aliphatic rings. The van der Waals surface area contributed by atoms with Crippen molar-refractivity contribution < 1.29 is 4.79 Å². The van der Waals surface area contributed by atoms with Crippen LogP contribution in [0.4, 0.5) is 5.13 Å². The zero-order valence-corrected chi connectivity index (χ0v) is 17.9. The van der Waals surface area contributed by atoms with Crippen LogP contribution in [0, 0.1) is 0 Å². The molecule has 0 saturated heterocycles. The number of hydrogen-bond acceptors (Lipinski definition) is 6. The number of benzene rings is 1. The van der Waals surface area contributed by atoms with Gasteiger partial charge in [0.1, 0.15) is 5.82 Å². The molecular formula is C18H18BrN5OS2. The Balaban J connectivity index is 1.35. The number of rotatable bonds is 7. The van der Waals surface area contributed by atoms with E-state index in [4.69, 9.17) is 0 Å². The Hall–Kier alpha value is -1.71. The van der Waals surface area contributed by atoms with Gasteiger partial charge < -0.3 is 9.88 Å². The number of halogens is 1. The largest absolute Gasteiger partial charge is 0.306 e. The first-order chi connectivity index (χ1) is 13.1. The second kappa shape index (κ2) is 8.12. The summed E-state index contributed by atoms with van der Waals surface area (Å²) >= 11 is 6.27. The second-order valence-corrected chi connectivity index (χ2v) is 8.96. The molecule has 9 heteroatoms. The van der Waals surface area contributed by atoms with E-state index in [0.717, 1.165) is 33.3 Å². The second-order valence-electron chi connectivity index (χ2n) is 6.24. The number of amides is 1. The standard InChI is InChI=1S/C18H18BrN5OS2/c1-2-24-16(12-3-4-12)22-23-18(24)27-10-15(25)21-17-20-14(9-26-17)11-5-7-13(19)8-6-11/h5-9,12H,2-4,10H2,1H3,(H,20,21,25). The fraction of sp³-hybridized carbons (Fsp3) is 0.333. The topological polar surface area (TPSA) is 72.7 Å². The first kappa shape index (κ1) is 18.6. The average molecular weight is 464 g/mol. The quantitative estimate of drug-likeness (QED) is 0.509. The highest BCUT2D eigenvalue weighted by Crippen LogP contribution is 2.40. The van der Waals surface area contributed by atoms with Crippen LogP contribution >= 0.6 is 39.0 Å². The number of aromatic nitrogens is 4. The van der Waals surface area contributed by atoms with Crippen LogP contribution < -0.4 is 5.32 Å². The molecule has 27 heavy (non-hydrogen) atoms. The predicted octanol–water partition coefficient (Wildman–Crippen LogP) is 4.79. The van der Waals surface area contributed by atoms with Gasteiger partial charge in [-0.25, -0.2) is 4.98 Å². The van der Waals surface area contributed by atoms with Crippen LogP contribution in [0.3, 0.4) is 0 Å². The Morgan fingerprint density at radius 2 is 2.11 bits per heavy atom. The highest BCUT2D eigenvalue weighted by molar-refractivity contribution is 9.10. The normalized spacial score (nSPS) is 13.7. The Morgan fingerprint density at radius 1 is 1.33 bits per heavy atom. The van der Waals surface area contributed by atoms with Crippen LogP contribution in [-0.2, 0) is 11.3 Å². The van der Waals surface area contributed by atoms with E-state index in [1.807, 2.05) is 29.6 Å². The summed E-state index contributed by atoms with van der Waals surface area (Å²) in [5.74, 6) is 1.80. The molecule has 1 N–H and O–H groups in total. The third-order valence-electron chi connectivity index (χ3n) is 4.23. The molecule has 0 spiro atoms. The lowest BCUT2D eigenvalue weighted by atomic mass is 10.2. The molecule has 2 aromatic heterocycles. The number of nitrogens with one attached hydrogen (secondary N) is 1. The van der Waals surface area contributed by atoms with Crippen molar-refractivity contribution in [3.05, 3.63) is 39.9 Å². The van der Waals surface area contributed by atoms with Gasteiger partial charge in [-0.2, -0.15) is 0 Å².